The molecule has 0 unspecified atom stereocenters. The van der Waals surface area contributed by atoms with E-state index < -0.39 is 6.10 Å². The molecule has 1 N–H and O–H groups in total. The van der Waals surface area contributed by atoms with Crippen LogP contribution < -0.4 is 19.5 Å². The number of fused-ring (bicyclic) bond motifs is 1. The number of carbonyl (C=O) groups excluding carboxylic acids is 1. The summed E-state index contributed by atoms with van der Waals surface area (Å²) >= 11 is 7.19. The molecular formula is C19H15ClN2O4S. The number of thiazole rings is 1. The summed E-state index contributed by atoms with van der Waals surface area (Å²) in [6, 6.07) is 12.5. The van der Waals surface area contributed by atoms with Crippen molar-refractivity contribution in [2.75, 3.05) is 12.1 Å². The van der Waals surface area contributed by atoms with E-state index in [0.29, 0.717) is 21.7 Å². The monoisotopic (exact) mass is 402 g/mol. The van der Waals surface area contributed by atoms with Gasteiger partial charge in [-0.2, -0.15) is 0 Å². The Balaban J connectivity index is 1.41. The van der Waals surface area contributed by atoms with Gasteiger partial charge in [0.15, 0.2) is 22.7 Å². The summed E-state index contributed by atoms with van der Waals surface area (Å²) < 4.78 is 16.3. The maximum Gasteiger partial charge on any atom is 0.266 e. The van der Waals surface area contributed by atoms with Crippen LogP contribution in [0.2, 0.25) is 5.02 Å². The summed E-state index contributed by atoms with van der Waals surface area (Å²) in [5, 5.41) is 5.76. The Morgan fingerprint density at radius 1 is 1.22 bits per heavy atom. The van der Waals surface area contributed by atoms with Gasteiger partial charge in [0.1, 0.15) is 5.75 Å². The molecule has 0 saturated heterocycles. The first kappa shape index (κ1) is 17.6. The average Bonchev–Trinajstić information content (AvgIpc) is 3.32. The number of halogens is 1. The van der Waals surface area contributed by atoms with Crippen LogP contribution in [0.5, 0.6) is 17.2 Å². The number of nitrogens with zero attached hydrogens (tertiary/aromatic N) is 1. The molecule has 138 valence electrons. The highest BCUT2D eigenvalue weighted by Crippen LogP contribution is 2.36. The first-order chi connectivity index (χ1) is 13.1. The smallest absolute Gasteiger partial charge is 0.266 e. The second kappa shape index (κ2) is 7.46. The number of nitrogens with one attached hydrogen (secondary N) is 1. The minimum atomic E-state index is -0.677. The van der Waals surface area contributed by atoms with Gasteiger partial charge in [-0.3, -0.25) is 10.1 Å². The molecule has 4 rings (SSSR count). The lowest BCUT2D eigenvalue weighted by atomic mass is 10.1. The van der Waals surface area contributed by atoms with Crippen LogP contribution >= 0.6 is 22.9 Å². The molecule has 0 bridgehead atoms. The van der Waals surface area contributed by atoms with E-state index in [0.717, 1.165) is 17.0 Å². The lowest BCUT2D eigenvalue weighted by Crippen LogP contribution is -2.30. The molecule has 6 nitrogen and oxygen atoms in total. The van der Waals surface area contributed by atoms with Crippen molar-refractivity contribution in [1.82, 2.24) is 4.98 Å². The molecule has 1 amide bonds. The first-order valence-corrected chi connectivity index (χ1v) is 9.43. The van der Waals surface area contributed by atoms with Crippen LogP contribution in [-0.2, 0) is 4.79 Å². The van der Waals surface area contributed by atoms with E-state index in [-0.39, 0.29) is 12.7 Å². The molecule has 8 heteroatoms. The molecule has 3 aromatic rings. The van der Waals surface area contributed by atoms with Crippen molar-refractivity contribution in [1.29, 1.82) is 0 Å². The number of rotatable bonds is 5. The van der Waals surface area contributed by atoms with Crippen LogP contribution in [-0.4, -0.2) is 23.8 Å². The van der Waals surface area contributed by atoms with Crippen molar-refractivity contribution in [3.05, 3.63) is 52.9 Å². The second-order valence-corrected chi connectivity index (χ2v) is 7.10. The van der Waals surface area contributed by atoms with Crippen molar-refractivity contribution < 1.29 is 19.0 Å². The summed E-state index contributed by atoms with van der Waals surface area (Å²) in [5.41, 5.74) is 1.64. The topological polar surface area (TPSA) is 69.7 Å². The number of anilines is 1. The highest BCUT2D eigenvalue weighted by molar-refractivity contribution is 7.14. The van der Waals surface area contributed by atoms with Crippen LogP contribution in [0.25, 0.3) is 11.3 Å². The zero-order valence-electron chi connectivity index (χ0n) is 14.3. The molecule has 1 atom stereocenters. The van der Waals surface area contributed by atoms with Crippen molar-refractivity contribution in [2.45, 2.75) is 13.0 Å². The Morgan fingerprint density at radius 2 is 2.00 bits per heavy atom. The Kier molecular flexibility index (Phi) is 4.87. The van der Waals surface area contributed by atoms with Crippen molar-refractivity contribution in [3.8, 4) is 28.5 Å². The van der Waals surface area contributed by atoms with E-state index >= 15 is 0 Å². The number of hydrogen-bond acceptors (Lipinski definition) is 6. The molecule has 1 aromatic heterocycles. The summed E-state index contributed by atoms with van der Waals surface area (Å²) in [6.45, 7) is 1.90. The maximum absolute atomic E-state index is 12.4. The van der Waals surface area contributed by atoms with E-state index in [4.69, 9.17) is 25.8 Å². The average molecular weight is 403 g/mol. The second-order valence-electron chi connectivity index (χ2n) is 5.81. The van der Waals surface area contributed by atoms with Gasteiger partial charge in [0.2, 0.25) is 6.79 Å². The largest absolute Gasteiger partial charge is 0.481 e. The molecule has 0 aliphatic carbocycles. The Morgan fingerprint density at radius 3 is 2.81 bits per heavy atom. The van der Waals surface area contributed by atoms with Crippen LogP contribution in [0.3, 0.4) is 0 Å². The molecule has 1 aliphatic heterocycles. The predicted molar refractivity (Wildman–Crippen MR) is 104 cm³/mol. The summed E-state index contributed by atoms with van der Waals surface area (Å²) in [5.74, 6) is 1.70. The van der Waals surface area contributed by atoms with Crippen LogP contribution in [0.4, 0.5) is 5.13 Å². The van der Waals surface area contributed by atoms with E-state index in [1.165, 1.54) is 11.3 Å². The van der Waals surface area contributed by atoms with Gasteiger partial charge in [0, 0.05) is 16.0 Å². The predicted octanol–water partition coefficient (Wildman–Crippen LogP) is 4.60. The molecule has 27 heavy (non-hydrogen) atoms. The van der Waals surface area contributed by atoms with Crippen LogP contribution in [0, 0.1) is 0 Å². The summed E-state index contributed by atoms with van der Waals surface area (Å²) in [7, 11) is 0. The zero-order chi connectivity index (χ0) is 18.8. The fourth-order valence-electron chi connectivity index (χ4n) is 2.50. The number of benzene rings is 2. The maximum atomic E-state index is 12.4. The van der Waals surface area contributed by atoms with E-state index in [9.17, 15) is 4.79 Å². The molecular weight excluding hydrogens is 388 g/mol. The molecule has 0 saturated carbocycles. The minimum Gasteiger partial charge on any atom is -0.481 e. The van der Waals surface area contributed by atoms with E-state index in [1.54, 1.807) is 31.2 Å². The Bertz CT molecular complexity index is 974. The number of carbonyl (C=O) groups is 1. The molecule has 2 aromatic carbocycles. The van der Waals surface area contributed by atoms with Gasteiger partial charge < -0.3 is 14.2 Å². The standard InChI is InChI=1S/C19H15ClN2O4S/c1-11(26-14-5-3-13(20)4-6-14)18(23)22-19-21-15(9-27-19)12-2-7-16-17(8-12)25-10-24-16/h2-9,11H,10H2,1H3,(H,21,22,23)/t11-/m1/s1. The third-order valence-corrected chi connectivity index (χ3v) is 4.91. The normalized spacial score (nSPS) is 13.3. The fourth-order valence-corrected chi connectivity index (χ4v) is 3.35. The van der Waals surface area contributed by atoms with Gasteiger partial charge in [-0.15, -0.1) is 11.3 Å². The SMILES string of the molecule is C[C@@H](Oc1ccc(Cl)cc1)C(=O)Nc1nc(-c2ccc3c(c2)OCO3)cs1. The lowest BCUT2D eigenvalue weighted by Gasteiger charge is -2.13. The molecule has 2 heterocycles. The van der Waals surface area contributed by atoms with Crippen LogP contribution in [0.15, 0.2) is 47.8 Å². The van der Waals surface area contributed by atoms with Gasteiger partial charge in [0.25, 0.3) is 5.91 Å². The van der Waals surface area contributed by atoms with Gasteiger partial charge in [-0.05, 0) is 49.4 Å². The summed E-state index contributed by atoms with van der Waals surface area (Å²) in [4.78, 5) is 16.8. The van der Waals surface area contributed by atoms with Crippen molar-refractivity contribution in [3.63, 3.8) is 0 Å². The Labute approximate surface area is 164 Å². The highest BCUT2D eigenvalue weighted by Gasteiger charge is 2.18. The summed E-state index contributed by atoms with van der Waals surface area (Å²) in [6.07, 6.45) is -0.677. The molecule has 1 aliphatic rings. The lowest BCUT2D eigenvalue weighted by molar-refractivity contribution is -0.122. The molecule has 0 spiro atoms. The number of ether oxygens (including phenoxy) is 3. The first-order valence-electron chi connectivity index (χ1n) is 8.17. The molecule has 0 radical (unpaired) electrons. The fraction of sp³-hybridized carbons (Fsp3) is 0.158. The number of amides is 1. The number of aromatic nitrogens is 1. The van der Waals surface area contributed by atoms with Crippen molar-refractivity contribution >= 4 is 34.0 Å². The van der Waals surface area contributed by atoms with Gasteiger partial charge >= 0.3 is 0 Å². The van der Waals surface area contributed by atoms with Gasteiger partial charge in [0.05, 0.1) is 5.69 Å². The van der Waals surface area contributed by atoms with Crippen molar-refractivity contribution in [2.24, 2.45) is 0 Å². The minimum absolute atomic E-state index is 0.225. The zero-order valence-corrected chi connectivity index (χ0v) is 15.8. The van der Waals surface area contributed by atoms with Gasteiger partial charge in [-0.25, -0.2) is 4.98 Å². The highest BCUT2D eigenvalue weighted by atomic mass is 35.5. The third kappa shape index (κ3) is 3.99. The molecule has 0 fully saturated rings. The Hall–Kier alpha value is -2.77. The van der Waals surface area contributed by atoms with E-state index in [1.807, 2.05) is 23.6 Å². The van der Waals surface area contributed by atoms with Gasteiger partial charge in [-0.1, -0.05) is 11.6 Å². The van der Waals surface area contributed by atoms with Crippen LogP contribution in [0.1, 0.15) is 6.92 Å². The third-order valence-electron chi connectivity index (χ3n) is 3.90. The number of hydrogen-bond donors (Lipinski definition) is 1. The quantitative estimate of drug-likeness (QED) is 0.675. The van der Waals surface area contributed by atoms with E-state index in [2.05, 4.69) is 10.3 Å².